The molecule has 5 heteroatoms. The van der Waals surface area contributed by atoms with Crippen LogP contribution in [0.1, 0.15) is 14.5 Å². The number of rotatable bonds is 4. The second-order valence-corrected chi connectivity index (χ2v) is 4.40. The van der Waals surface area contributed by atoms with Gasteiger partial charge in [-0.15, -0.1) is 11.3 Å². The molecule has 0 aliphatic heterocycles. The molecule has 0 saturated carbocycles. The van der Waals surface area contributed by atoms with Crippen molar-refractivity contribution < 1.29 is 9.59 Å². The molecule has 1 aromatic rings. The van der Waals surface area contributed by atoms with Crippen LogP contribution < -0.4 is 5.32 Å². The number of amides is 1. The lowest BCUT2D eigenvalue weighted by Crippen LogP contribution is -2.19. The third kappa shape index (κ3) is 2.92. The number of nitrogens with one attached hydrogen (secondary N) is 1. The van der Waals surface area contributed by atoms with Crippen LogP contribution in [0.2, 0.25) is 0 Å². The van der Waals surface area contributed by atoms with Gasteiger partial charge in [-0.05, 0) is 12.1 Å². The molecule has 1 heterocycles. The van der Waals surface area contributed by atoms with Crippen LogP contribution in [-0.4, -0.2) is 24.1 Å². The minimum absolute atomic E-state index is 0.0373. The van der Waals surface area contributed by atoms with E-state index in [-0.39, 0.29) is 11.7 Å². The summed E-state index contributed by atoms with van der Waals surface area (Å²) < 4.78 is 0. The molecule has 14 heavy (non-hydrogen) atoms. The fourth-order valence-electron chi connectivity index (χ4n) is 0.935. The van der Waals surface area contributed by atoms with E-state index in [1.54, 1.807) is 13.1 Å². The van der Waals surface area contributed by atoms with Crippen LogP contribution in [0.25, 0.3) is 0 Å². The first kappa shape index (κ1) is 11.4. The van der Waals surface area contributed by atoms with Gasteiger partial charge in [-0.1, -0.05) is 15.9 Å². The second kappa shape index (κ2) is 5.26. The minimum Gasteiger partial charge on any atom is -0.359 e. The van der Waals surface area contributed by atoms with E-state index >= 15 is 0 Å². The van der Waals surface area contributed by atoms with Crippen molar-refractivity contribution in [3.05, 3.63) is 21.9 Å². The molecule has 0 aromatic carbocycles. The Kier molecular flexibility index (Phi) is 4.28. The largest absolute Gasteiger partial charge is 0.359 e. The number of hydrogen-bond acceptors (Lipinski definition) is 3. The van der Waals surface area contributed by atoms with Gasteiger partial charge in [0.05, 0.1) is 16.6 Å². The molecule has 0 atom stereocenters. The van der Waals surface area contributed by atoms with Crippen LogP contribution in [0, 0.1) is 0 Å². The summed E-state index contributed by atoms with van der Waals surface area (Å²) in [5.41, 5.74) is 0. The summed E-state index contributed by atoms with van der Waals surface area (Å²) in [7, 11) is 1.60. The van der Waals surface area contributed by atoms with Crippen LogP contribution in [0.4, 0.5) is 0 Å². The van der Waals surface area contributed by atoms with E-state index in [4.69, 9.17) is 0 Å². The molecule has 3 nitrogen and oxygen atoms in total. The molecule has 1 aromatic heterocycles. The lowest BCUT2D eigenvalue weighted by Gasteiger charge is -1.94. The lowest BCUT2D eigenvalue weighted by atomic mass is 10.3. The van der Waals surface area contributed by atoms with E-state index in [2.05, 4.69) is 21.2 Å². The summed E-state index contributed by atoms with van der Waals surface area (Å²) in [6, 6.07) is 3.57. The Bertz CT molecular complexity index is 348. The molecular formula is C9H10BrNO2S. The summed E-state index contributed by atoms with van der Waals surface area (Å²) in [6.07, 6.45) is 0.344. The number of likely N-dealkylation sites (N-methyl/N-ethyl adjacent to an activating group) is 1. The van der Waals surface area contributed by atoms with Crippen LogP contribution in [0.15, 0.2) is 12.1 Å². The highest BCUT2D eigenvalue weighted by molar-refractivity contribution is 9.09. The van der Waals surface area contributed by atoms with Crippen molar-refractivity contribution in [2.24, 2.45) is 0 Å². The summed E-state index contributed by atoms with van der Waals surface area (Å²) in [6.45, 7) is 0. The summed E-state index contributed by atoms with van der Waals surface area (Å²) in [5, 5.41) is 2.87. The van der Waals surface area contributed by atoms with Gasteiger partial charge in [0.15, 0.2) is 5.78 Å². The molecule has 0 aliphatic carbocycles. The standard InChI is InChI=1S/C9H10BrNO2S/c1-11-9(13)4-6-2-3-8(14-6)7(12)5-10/h2-3H,4-5H2,1H3,(H,11,13). The quantitative estimate of drug-likeness (QED) is 0.671. The fraction of sp³-hybridized carbons (Fsp3) is 0.333. The highest BCUT2D eigenvalue weighted by Gasteiger charge is 2.09. The molecule has 1 rings (SSSR count). The van der Waals surface area contributed by atoms with Crippen molar-refractivity contribution >= 4 is 39.0 Å². The molecule has 0 unspecified atom stereocenters. The molecule has 76 valence electrons. The smallest absolute Gasteiger partial charge is 0.224 e. The zero-order chi connectivity index (χ0) is 10.6. The number of carbonyl (C=O) groups excluding carboxylic acids is 2. The van der Waals surface area contributed by atoms with Gasteiger partial charge < -0.3 is 5.32 Å². The van der Waals surface area contributed by atoms with Crippen LogP contribution in [0.3, 0.4) is 0 Å². The van der Waals surface area contributed by atoms with Crippen LogP contribution >= 0.6 is 27.3 Å². The van der Waals surface area contributed by atoms with Crippen molar-refractivity contribution in [2.45, 2.75) is 6.42 Å². The number of alkyl halides is 1. The summed E-state index contributed by atoms with van der Waals surface area (Å²) in [5.74, 6) is 0.0165. The van der Waals surface area contributed by atoms with Crippen molar-refractivity contribution in [2.75, 3.05) is 12.4 Å². The number of carbonyl (C=O) groups is 2. The Morgan fingerprint density at radius 3 is 2.79 bits per heavy atom. The molecule has 0 radical (unpaired) electrons. The maximum absolute atomic E-state index is 11.2. The molecule has 0 aliphatic rings. The third-order valence-corrected chi connectivity index (χ3v) is 3.31. The maximum atomic E-state index is 11.2. The van der Waals surface area contributed by atoms with Crippen LogP contribution in [0.5, 0.6) is 0 Å². The van der Waals surface area contributed by atoms with Crippen molar-refractivity contribution in [3.63, 3.8) is 0 Å². The third-order valence-electron chi connectivity index (χ3n) is 1.67. The average Bonchev–Trinajstić information content (AvgIpc) is 2.65. The van der Waals surface area contributed by atoms with Crippen LogP contribution in [-0.2, 0) is 11.2 Å². The van der Waals surface area contributed by atoms with Gasteiger partial charge in [0.1, 0.15) is 0 Å². The second-order valence-electron chi connectivity index (χ2n) is 2.67. The Morgan fingerprint density at radius 1 is 1.50 bits per heavy atom. The first-order valence-corrected chi connectivity index (χ1v) is 5.99. The monoisotopic (exact) mass is 275 g/mol. The number of ketones is 1. The Hall–Kier alpha value is -0.680. The SMILES string of the molecule is CNC(=O)Cc1ccc(C(=O)CBr)s1. The first-order valence-electron chi connectivity index (χ1n) is 4.06. The first-order chi connectivity index (χ1) is 6.67. The van der Waals surface area contributed by atoms with Gasteiger partial charge >= 0.3 is 0 Å². The highest BCUT2D eigenvalue weighted by Crippen LogP contribution is 2.18. The van der Waals surface area contributed by atoms with E-state index in [1.807, 2.05) is 6.07 Å². The average molecular weight is 276 g/mol. The van der Waals surface area contributed by atoms with Gasteiger partial charge in [0.2, 0.25) is 5.91 Å². The number of hydrogen-bond donors (Lipinski definition) is 1. The van der Waals surface area contributed by atoms with E-state index < -0.39 is 0 Å². The normalized spacial score (nSPS) is 9.86. The molecule has 1 amide bonds. The Labute approximate surface area is 94.6 Å². The minimum atomic E-state index is -0.0373. The molecule has 0 saturated heterocycles. The summed E-state index contributed by atoms with van der Waals surface area (Å²) >= 11 is 4.47. The van der Waals surface area contributed by atoms with Gasteiger partial charge in [-0.2, -0.15) is 0 Å². The molecule has 0 bridgehead atoms. The Balaban J connectivity index is 2.68. The maximum Gasteiger partial charge on any atom is 0.224 e. The van der Waals surface area contributed by atoms with Crippen molar-refractivity contribution in [1.82, 2.24) is 5.32 Å². The zero-order valence-corrected chi connectivity index (χ0v) is 10.1. The molecule has 0 spiro atoms. The van der Waals surface area contributed by atoms with E-state index in [0.717, 1.165) is 4.88 Å². The lowest BCUT2D eigenvalue weighted by molar-refractivity contribution is -0.119. The Morgan fingerprint density at radius 2 is 2.21 bits per heavy atom. The van der Waals surface area contributed by atoms with Crippen molar-refractivity contribution in [1.29, 1.82) is 0 Å². The molecule has 0 fully saturated rings. The van der Waals surface area contributed by atoms with E-state index in [0.29, 0.717) is 16.6 Å². The van der Waals surface area contributed by atoms with Gasteiger partial charge in [-0.25, -0.2) is 0 Å². The molecule has 1 N–H and O–H groups in total. The van der Waals surface area contributed by atoms with Crippen molar-refractivity contribution in [3.8, 4) is 0 Å². The van der Waals surface area contributed by atoms with E-state index in [9.17, 15) is 9.59 Å². The zero-order valence-electron chi connectivity index (χ0n) is 7.67. The van der Waals surface area contributed by atoms with E-state index in [1.165, 1.54) is 11.3 Å². The predicted molar refractivity (Wildman–Crippen MR) is 60.2 cm³/mol. The van der Waals surface area contributed by atoms with Gasteiger partial charge in [0, 0.05) is 11.9 Å². The number of thiophene rings is 1. The molecular weight excluding hydrogens is 266 g/mol. The van der Waals surface area contributed by atoms with Gasteiger partial charge in [-0.3, -0.25) is 9.59 Å². The fourth-order valence-corrected chi connectivity index (χ4v) is 2.37. The number of Topliss-reactive ketones (excluding diaryl/α,β-unsaturated/α-hetero) is 1. The van der Waals surface area contributed by atoms with Gasteiger partial charge in [0.25, 0.3) is 0 Å². The highest BCUT2D eigenvalue weighted by atomic mass is 79.9. The topological polar surface area (TPSA) is 46.2 Å². The predicted octanol–water partition coefficient (Wildman–Crippen LogP) is 1.61. The summed E-state index contributed by atoms with van der Waals surface area (Å²) in [4.78, 5) is 23.9. The number of halogens is 1.